The van der Waals surface area contributed by atoms with Gasteiger partial charge in [0.25, 0.3) is 0 Å². The van der Waals surface area contributed by atoms with Crippen molar-refractivity contribution in [3.63, 3.8) is 0 Å². The molecule has 0 atom stereocenters. The molecule has 3 heteroatoms. The van der Waals surface area contributed by atoms with Crippen LogP contribution >= 0.6 is 11.6 Å². The Labute approximate surface area is 93.7 Å². The van der Waals surface area contributed by atoms with Crippen LogP contribution in [0.15, 0.2) is 36.5 Å². The van der Waals surface area contributed by atoms with Crippen LogP contribution in [0.2, 0.25) is 5.02 Å². The van der Waals surface area contributed by atoms with E-state index in [9.17, 15) is 0 Å². The molecule has 0 saturated heterocycles. The molecule has 0 fully saturated rings. The lowest BCUT2D eigenvalue weighted by molar-refractivity contribution is 1.31. The molecule has 0 aliphatic heterocycles. The lowest BCUT2D eigenvalue weighted by Gasteiger charge is -2.06. The van der Waals surface area contributed by atoms with Crippen LogP contribution in [0.4, 0.5) is 5.69 Å². The Morgan fingerprint density at radius 1 is 1.20 bits per heavy atom. The first-order chi connectivity index (χ1) is 7.18. The second kappa shape index (κ2) is 3.91. The van der Waals surface area contributed by atoms with E-state index in [1.807, 2.05) is 37.3 Å². The maximum atomic E-state index is 6.04. The number of nitrogens with two attached hydrogens (primary N) is 1. The lowest BCUT2D eigenvalue weighted by Crippen LogP contribution is -1.90. The Balaban J connectivity index is 2.54. The molecular weight excluding hydrogens is 208 g/mol. The van der Waals surface area contributed by atoms with Crippen molar-refractivity contribution >= 4 is 17.3 Å². The first kappa shape index (κ1) is 9.99. The van der Waals surface area contributed by atoms with Gasteiger partial charge in [-0.15, -0.1) is 0 Å². The fourth-order valence-electron chi connectivity index (χ4n) is 1.45. The molecule has 0 bridgehead atoms. The number of nitrogens with zero attached hydrogens (tertiary/aromatic N) is 1. The molecule has 0 radical (unpaired) electrons. The summed E-state index contributed by atoms with van der Waals surface area (Å²) in [5, 5.41) is 0.756. The van der Waals surface area contributed by atoms with Gasteiger partial charge in [0.1, 0.15) is 0 Å². The number of pyridine rings is 1. The molecule has 0 aliphatic rings. The maximum absolute atomic E-state index is 6.04. The lowest BCUT2D eigenvalue weighted by atomic mass is 10.1. The summed E-state index contributed by atoms with van der Waals surface area (Å²) in [4.78, 5) is 4.27. The number of halogens is 1. The molecule has 76 valence electrons. The summed E-state index contributed by atoms with van der Waals surface area (Å²) < 4.78 is 0. The molecule has 1 aromatic heterocycles. The van der Waals surface area contributed by atoms with Crippen molar-refractivity contribution in [1.82, 2.24) is 4.98 Å². The molecule has 0 spiro atoms. The van der Waals surface area contributed by atoms with Gasteiger partial charge in [-0.3, -0.25) is 4.98 Å². The number of nitrogen functional groups attached to an aromatic ring is 1. The first-order valence-electron chi connectivity index (χ1n) is 4.65. The smallest absolute Gasteiger partial charge is 0.0706 e. The standard InChI is InChI=1S/C12H11ClN2/c1-8-10(3-2-4-11(8)13)12-6-5-9(14)7-15-12/h2-7H,14H2,1H3. The van der Waals surface area contributed by atoms with Crippen molar-refractivity contribution in [2.24, 2.45) is 0 Å². The summed E-state index contributed by atoms with van der Waals surface area (Å²) in [5.74, 6) is 0. The Hall–Kier alpha value is -1.54. The van der Waals surface area contributed by atoms with Crippen LogP contribution in [-0.2, 0) is 0 Å². The molecule has 1 heterocycles. The van der Waals surface area contributed by atoms with Gasteiger partial charge in [0.15, 0.2) is 0 Å². The van der Waals surface area contributed by atoms with Crippen LogP contribution < -0.4 is 5.73 Å². The second-order valence-electron chi connectivity index (χ2n) is 3.39. The highest BCUT2D eigenvalue weighted by Crippen LogP contribution is 2.26. The van der Waals surface area contributed by atoms with Crippen molar-refractivity contribution in [1.29, 1.82) is 0 Å². The summed E-state index contributed by atoms with van der Waals surface area (Å²) in [5.41, 5.74) is 9.22. The topological polar surface area (TPSA) is 38.9 Å². The molecule has 1 aromatic carbocycles. The average molecular weight is 219 g/mol. The molecule has 0 amide bonds. The number of benzene rings is 1. The predicted molar refractivity (Wildman–Crippen MR) is 63.8 cm³/mol. The zero-order chi connectivity index (χ0) is 10.8. The van der Waals surface area contributed by atoms with Crippen LogP contribution in [0.25, 0.3) is 11.3 Å². The van der Waals surface area contributed by atoms with E-state index >= 15 is 0 Å². The Kier molecular flexibility index (Phi) is 2.60. The molecule has 15 heavy (non-hydrogen) atoms. The average Bonchev–Trinajstić information content (AvgIpc) is 2.24. The zero-order valence-electron chi connectivity index (χ0n) is 8.37. The van der Waals surface area contributed by atoms with Crippen molar-refractivity contribution in [2.75, 3.05) is 5.73 Å². The van der Waals surface area contributed by atoms with Gasteiger partial charge in [-0.1, -0.05) is 23.7 Å². The van der Waals surface area contributed by atoms with E-state index in [-0.39, 0.29) is 0 Å². The third kappa shape index (κ3) is 1.95. The number of anilines is 1. The highest BCUT2D eigenvalue weighted by Gasteiger charge is 2.05. The maximum Gasteiger partial charge on any atom is 0.0706 e. The third-order valence-corrected chi connectivity index (χ3v) is 2.74. The Bertz CT molecular complexity index is 477. The van der Waals surface area contributed by atoms with Crippen molar-refractivity contribution in [3.8, 4) is 11.3 Å². The summed E-state index contributed by atoms with van der Waals surface area (Å²) in [7, 11) is 0. The fraction of sp³-hybridized carbons (Fsp3) is 0.0833. The first-order valence-corrected chi connectivity index (χ1v) is 5.03. The van der Waals surface area contributed by atoms with Crippen molar-refractivity contribution in [2.45, 2.75) is 6.92 Å². The minimum Gasteiger partial charge on any atom is -0.397 e. The van der Waals surface area contributed by atoms with E-state index in [1.165, 1.54) is 0 Å². The fourth-order valence-corrected chi connectivity index (χ4v) is 1.62. The molecular formula is C12H11ClN2. The summed E-state index contributed by atoms with van der Waals surface area (Å²) >= 11 is 6.04. The monoisotopic (exact) mass is 218 g/mol. The third-order valence-electron chi connectivity index (χ3n) is 2.33. The number of aromatic nitrogens is 1. The largest absolute Gasteiger partial charge is 0.397 e. The molecule has 0 aliphatic carbocycles. The summed E-state index contributed by atoms with van der Waals surface area (Å²) in [6, 6.07) is 9.52. The minimum absolute atomic E-state index is 0.665. The van der Waals surface area contributed by atoms with E-state index in [2.05, 4.69) is 4.98 Å². The second-order valence-corrected chi connectivity index (χ2v) is 3.80. The van der Waals surface area contributed by atoms with Gasteiger partial charge in [-0.25, -0.2) is 0 Å². The molecule has 0 saturated carbocycles. The van der Waals surface area contributed by atoms with Crippen LogP contribution in [0.1, 0.15) is 5.56 Å². The molecule has 2 N–H and O–H groups in total. The normalized spacial score (nSPS) is 10.3. The quantitative estimate of drug-likeness (QED) is 0.798. The minimum atomic E-state index is 0.665. The van der Waals surface area contributed by atoms with Crippen LogP contribution in [-0.4, -0.2) is 4.98 Å². The van der Waals surface area contributed by atoms with Gasteiger partial charge >= 0.3 is 0 Å². The van der Waals surface area contributed by atoms with Crippen LogP contribution in [0, 0.1) is 6.92 Å². The summed E-state index contributed by atoms with van der Waals surface area (Å²) in [6.45, 7) is 1.98. The number of hydrogen-bond donors (Lipinski definition) is 1. The van der Waals surface area contributed by atoms with Gasteiger partial charge < -0.3 is 5.73 Å². The van der Waals surface area contributed by atoms with Gasteiger partial charge in [-0.05, 0) is 30.7 Å². The van der Waals surface area contributed by atoms with E-state index in [0.29, 0.717) is 5.69 Å². The van der Waals surface area contributed by atoms with Gasteiger partial charge in [0.05, 0.1) is 17.6 Å². The number of rotatable bonds is 1. The zero-order valence-corrected chi connectivity index (χ0v) is 9.12. The molecule has 2 nitrogen and oxygen atoms in total. The van der Waals surface area contributed by atoms with Gasteiger partial charge in [-0.2, -0.15) is 0 Å². The Morgan fingerprint density at radius 2 is 2.00 bits per heavy atom. The molecule has 0 unspecified atom stereocenters. The Morgan fingerprint density at radius 3 is 2.67 bits per heavy atom. The highest BCUT2D eigenvalue weighted by atomic mass is 35.5. The van der Waals surface area contributed by atoms with Crippen molar-refractivity contribution in [3.05, 3.63) is 47.1 Å². The highest BCUT2D eigenvalue weighted by molar-refractivity contribution is 6.31. The van der Waals surface area contributed by atoms with E-state index in [4.69, 9.17) is 17.3 Å². The van der Waals surface area contributed by atoms with E-state index in [1.54, 1.807) is 6.20 Å². The summed E-state index contributed by atoms with van der Waals surface area (Å²) in [6.07, 6.45) is 1.65. The molecule has 2 rings (SSSR count). The van der Waals surface area contributed by atoms with Crippen LogP contribution in [0.3, 0.4) is 0 Å². The number of hydrogen-bond acceptors (Lipinski definition) is 2. The van der Waals surface area contributed by atoms with E-state index < -0.39 is 0 Å². The molecule has 2 aromatic rings. The van der Waals surface area contributed by atoms with E-state index in [0.717, 1.165) is 21.8 Å². The predicted octanol–water partition coefficient (Wildman–Crippen LogP) is 3.29. The van der Waals surface area contributed by atoms with Crippen LogP contribution in [0.5, 0.6) is 0 Å². The van der Waals surface area contributed by atoms with Crippen molar-refractivity contribution < 1.29 is 0 Å². The van der Waals surface area contributed by atoms with Gasteiger partial charge in [0.2, 0.25) is 0 Å². The SMILES string of the molecule is Cc1c(Cl)cccc1-c1ccc(N)cn1. The van der Waals surface area contributed by atoms with Gasteiger partial charge in [0, 0.05) is 10.6 Å².